The number of rotatable bonds is 0. The average molecular weight is 150 g/mol. The van der Waals surface area contributed by atoms with E-state index in [1.54, 1.807) is 0 Å². The van der Waals surface area contributed by atoms with Gasteiger partial charge in [0.05, 0.1) is 6.10 Å². The molecule has 4 heteroatoms. The second kappa shape index (κ2) is 2.54. The van der Waals surface area contributed by atoms with Crippen LogP contribution in [0.15, 0.2) is 0 Å². The first kappa shape index (κ1) is 6.83. The fourth-order valence-corrected chi connectivity index (χ4v) is 0.965. The van der Waals surface area contributed by atoms with E-state index >= 15 is 0 Å². The van der Waals surface area contributed by atoms with Crippen molar-refractivity contribution in [3.05, 3.63) is 0 Å². The van der Waals surface area contributed by atoms with Crippen molar-refractivity contribution in [3.63, 3.8) is 0 Å². The summed E-state index contributed by atoms with van der Waals surface area (Å²) >= 11 is 5.46. The molecule has 0 bridgehead atoms. The van der Waals surface area contributed by atoms with Crippen LogP contribution < -0.4 is 5.32 Å². The van der Waals surface area contributed by atoms with Crippen LogP contribution in [0.5, 0.6) is 0 Å². The molecule has 9 heavy (non-hydrogen) atoms. The normalized spacial score (nSPS) is 36.0. The van der Waals surface area contributed by atoms with E-state index in [2.05, 4.69) is 5.32 Å². The van der Waals surface area contributed by atoms with Crippen molar-refractivity contribution in [1.29, 1.82) is 0 Å². The number of halogens is 1. The van der Waals surface area contributed by atoms with Crippen LogP contribution >= 0.6 is 11.6 Å². The second-order valence-corrected chi connectivity index (χ2v) is 2.52. The quantitative estimate of drug-likeness (QED) is 0.455. The highest BCUT2D eigenvalue weighted by atomic mass is 35.5. The lowest BCUT2D eigenvalue weighted by atomic mass is 10.1. The van der Waals surface area contributed by atoms with E-state index < -0.39 is 11.5 Å². The molecular formula is C5H8ClNO2. The average Bonchev–Trinajstić information content (AvgIpc) is 1.83. The van der Waals surface area contributed by atoms with Crippen LogP contribution in [0.3, 0.4) is 0 Å². The van der Waals surface area contributed by atoms with Gasteiger partial charge in [-0.25, -0.2) is 0 Å². The highest BCUT2D eigenvalue weighted by molar-refractivity contribution is 6.31. The Balaban J connectivity index is 2.51. The van der Waals surface area contributed by atoms with Crippen LogP contribution in [0.2, 0.25) is 0 Å². The summed E-state index contributed by atoms with van der Waals surface area (Å²) in [6, 6.07) is 0. The molecule has 0 spiro atoms. The fraction of sp³-hybridized carbons (Fsp3) is 0.800. The van der Waals surface area contributed by atoms with E-state index in [1.165, 1.54) is 0 Å². The van der Waals surface area contributed by atoms with Crippen molar-refractivity contribution in [2.75, 3.05) is 6.54 Å². The number of alkyl halides is 1. The minimum Gasteiger partial charge on any atom is -0.391 e. The molecule has 2 N–H and O–H groups in total. The lowest BCUT2D eigenvalue weighted by Crippen LogP contribution is -2.45. The summed E-state index contributed by atoms with van der Waals surface area (Å²) in [7, 11) is 0. The Morgan fingerprint density at radius 3 is 2.89 bits per heavy atom. The summed E-state index contributed by atoms with van der Waals surface area (Å²) in [6.07, 6.45) is -0.111. The van der Waals surface area contributed by atoms with Crippen LogP contribution in [0.25, 0.3) is 0 Å². The summed E-state index contributed by atoms with van der Waals surface area (Å²) in [4.78, 5) is 10.6. The summed E-state index contributed by atoms with van der Waals surface area (Å²) < 4.78 is 0. The van der Waals surface area contributed by atoms with Crippen LogP contribution in [-0.2, 0) is 4.79 Å². The van der Waals surface area contributed by atoms with E-state index in [4.69, 9.17) is 16.7 Å². The maximum atomic E-state index is 10.6. The number of aliphatic hydroxyl groups is 1. The van der Waals surface area contributed by atoms with Gasteiger partial charge in [0.25, 0.3) is 0 Å². The third-order valence-corrected chi connectivity index (χ3v) is 1.82. The molecule has 0 aromatic carbocycles. The van der Waals surface area contributed by atoms with Crippen LogP contribution in [-0.4, -0.2) is 29.0 Å². The van der Waals surface area contributed by atoms with Crippen molar-refractivity contribution in [2.24, 2.45) is 0 Å². The SMILES string of the molecule is O=C1NCC[C@@H](O)[C@H]1Cl. The lowest BCUT2D eigenvalue weighted by Gasteiger charge is -2.21. The molecule has 1 heterocycles. The van der Waals surface area contributed by atoms with Gasteiger partial charge < -0.3 is 10.4 Å². The summed E-state index contributed by atoms with van der Waals surface area (Å²) in [6.45, 7) is 0.531. The Hall–Kier alpha value is -0.280. The van der Waals surface area contributed by atoms with Gasteiger partial charge in [-0.05, 0) is 6.42 Å². The molecule has 1 fully saturated rings. The van der Waals surface area contributed by atoms with Crippen LogP contribution in [0, 0.1) is 0 Å². The topological polar surface area (TPSA) is 49.3 Å². The van der Waals surface area contributed by atoms with E-state index in [0.717, 1.165) is 0 Å². The van der Waals surface area contributed by atoms with Crippen molar-refractivity contribution in [3.8, 4) is 0 Å². The van der Waals surface area contributed by atoms with Gasteiger partial charge in [0, 0.05) is 6.54 Å². The number of hydrogen-bond donors (Lipinski definition) is 2. The molecule has 1 aliphatic heterocycles. The van der Waals surface area contributed by atoms with Gasteiger partial charge in [-0.2, -0.15) is 0 Å². The predicted octanol–water partition coefficient (Wildman–Crippen LogP) is -0.525. The Labute approximate surface area is 58.0 Å². The third-order valence-electron chi connectivity index (χ3n) is 1.33. The maximum absolute atomic E-state index is 10.6. The molecular weight excluding hydrogens is 142 g/mol. The van der Waals surface area contributed by atoms with Gasteiger partial charge in [0.15, 0.2) is 0 Å². The highest BCUT2D eigenvalue weighted by Gasteiger charge is 2.27. The van der Waals surface area contributed by atoms with E-state index in [9.17, 15) is 4.79 Å². The number of nitrogens with one attached hydrogen (secondary N) is 1. The summed E-state index contributed by atoms with van der Waals surface area (Å²) in [5.74, 6) is -0.268. The van der Waals surface area contributed by atoms with Gasteiger partial charge in [0.1, 0.15) is 5.38 Å². The van der Waals surface area contributed by atoms with Crippen LogP contribution in [0.4, 0.5) is 0 Å². The predicted molar refractivity (Wildman–Crippen MR) is 33.3 cm³/mol. The molecule has 0 aromatic rings. The van der Waals surface area contributed by atoms with E-state index in [0.29, 0.717) is 13.0 Å². The fourth-order valence-electron chi connectivity index (χ4n) is 0.762. The zero-order valence-electron chi connectivity index (χ0n) is 4.80. The van der Waals surface area contributed by atoms with Crippen molar-refractivity contribution in [1.82, 2.24) is 5.32 Å². The molecule has 0 aromatic heterocycles. The first-order valence-electron chi connectivity index (χ1n) is 2.81. The molecule has 3 nitrogen and oxygen atoms in total. The Morgan fingerprint density at radius 1 is 1.78 bits per heavy atom. The zero-order valence-corrected chi connectivity index (χ0v) is 5.56. The number of carbonyl (C=O) groups excluding carboxylic acids is 1. The minimum atomic E-state index is -0.751. The summed E-state index contributed by atoms with van der Waals surface area (Å²) in [5, 5.41) is 10.7. The van der Waals surface area contributed by atoms with Crippen molar-refractivity contribution >= 4 is 17.5 Å². The number of carbonyl (C=O) groups is 1. The van der Waals surface area contributed by atoms with Crippen molar-refractivity contribution in [2.45, 2.75) is 17.9 Å². The number of piperidine rings is 1. The van der Waals surface area contributed by atoms with Gasteiger partial charge in [0.2, 0.25) is 5.91 Å². The van der Waals surface area contributed by atoms with Crippen molar-refractivity contribution < 1.29 is 9.90 Å². The molecule has 0 unspecified atom stereocenters. The van der Waals surface area contributed by atoms with Gasteiger partial charge >= 0.3 is 0 Å². The first-order valence-corrected chi connectivity index (χ1v) is 3.25. The molecule has 1 amide bonds. The van der Waals surface area contributed by atoms with Gasteiger partial charge in [-0.1, -0.05) is 0 Å². The lowest BCUT2D eigenvalue weighted by molar-refractivity contribution is -0.124. The molecule has 0 saturated carbocycles. The summed E-state index contributed by atoms with van der Waals surface area (Å²) in [5.41, 5.74) is 0. The molecule has 2 atom stereocenters. The Kier molecular flexibility index (Phi) is 1.93. The zero-order chi connectivity index (χ0) is 6.85. The minimum absolute atomic E-state index is 0.268. The second-order valence-electron chi connectivity index (χ2n) is 2.05. The third kappa shape index (κ3) is 1.34. The molecule has 0 radical (unpaired) electrons. The van der Waals surface area contributed by atoms with Gasteiger partial charge in [-0.15, -0.1) is 11.6 Å². The monoisotopic (exact) mass is 149 g/mol. The van der Waals surface area contributed by atoms with Gasteiger partial charge in [-0.3, -0.25) is 4.79 Å². The Bertz CT molecular complexity index is 128. The highest BCUT2D eigenvalue weighted by Crippen LogP contribution is 2.09. The number of hydrogen-bond acceptors (Lipinski definition) is 2. The van der Waals surface area contributed by atoms with E-state index in [1.807, 2.05) is 0 Å². The smallest absolute Gasteiger partial charge is 0.240 e. The maximum Gasteiger partial charge on any atom is 0.240 e. The molecule has 1 saturated heterocycles. The molecule has 1 rings (SSSR count). The standard InChI is InChI=1S/C5H8ClNO2/c6-4-3(8)1-2-7-5(4)9/h3-4,8H,1-2H2,(H,7,9)/t3-,4-/m1/s1. The Morgan fingerprint density at radius 2 is 2.44 bits per heavy atom. The largest absolute Gasteiger partial charge is 0.391 e. The van der Waals surface area contributed by atoms with Crippen LogP contribution in [0.1, 0.15) is 6.42 Å². The number of aliphatic hydroxyl groups excluding tert-OH is 1. The molecule has 1 aliphatic rings. The molecule has 52 valence electrons. The molecule has 0 aliphatic carbocycles. The van der Waals surface area contributed by atoms with E-state index in [-0.39, 0.29) is 5.91 Å². The number of amides is 1. The first-order chi connectivity index (χ1) is 4.22.